The molecular weight excluding hydrogens is 278 g/mol. The van der Waals surface area contributed by atoms with Crippen molar-refractivity contribution in [3.05, 3.63) is 50.2 Å². The monoisotopic (exact) mass is 289 g/mol. The minimum absolute atomic E-state index is 0.0182. The molecule has 20 heavy (non-hydrogen) atoms. The van der Waals surface area contributed by atoms with E-state index in [2.05, 4.69) is 11.4 Å². The number of anilines is 1. The van der Waals surface area contributed by atoms with Crippen LogP contribution >= 0.6 is 11.3 Å². The minimum Gasteiger partial charge on any atom is -0.494 e. The van der Waals surface area contributed by atoms with Gasteiger partial charge in [-0.3, -0.25) is 10.1 Å². The van der Waals surface area contributed by atoms with Crippen LogP contribution in [-0.4, -0.2) is 12.0 Å². The van der Waals surface area contributed by atoms with Crippen molar-refractivity contribution < 1.29 is 9.66 Å². The van der Waals surface area contributed by atoms with Gasteiger partial charge in [0.05, 0.1) is 23.8 Å². The number of nitro groups is 1. The maximum absolute atomic E-state index is 10.7. The lowest BCUT2D eigenvalue weighted by Crippen LogP contribution is -2.00. The highest BCUT2D eigenvalue weighted by Gasteiger charge is 2.11. The Bertz CT molecular complexity index is 676. The number of benzene rings is 1. The zero-order chi connectivity index (χ0) is 14.5. The van der Waals surface area contributed by atoms with Gasteiger partial charge in [0.25, 0.3) is 5.69 Å². The van der Waals surface area contributed by atoms with E-state index >= 15 is 0 Å². The second kappa shape index (κ2) is 6.04. The first-order valence-corrected chi connectivity index (χ1v) is 6.51. The molecule has 102 valence electrons. The van der Waals surface area contributed by atoms with Crippen LogP contribution in [-0.2, 0) is 6.54 Å². The van der Waals surface area contributed by atoms with Gasteiger partial charge in [-0.1, -0.05) is 0 Å². The van der Waals surface area contributed by atoms with Crippen LogP contribution < -0.4 is 10.1 Å². The van der Waals surface area contributed by atoms with Gasteiger partial charge in [-0.25, -0.2) is 0 Å². The Hall–Kier alpha value is -2.59. The number of rotatable bonds is 5. The number of nitro benzene ring substituents is 1. The Morgan fingerprint density at radius 3 is 2.85 bits per heavy atom. The molecule has 0 unspecified atom stereocenters. The summed E-state index contributed by atoms with van der Waals surface area (Å²) in [6.07, 6.45) is 0. The first-order chi connectivity index (χ1) is 9.63. The van der Waals surface area contributed by atoms with Gasteiger partial charge in [0.1, 0.15) is 16.7 Å². The van der Waals surface area contributed by atoms with Gasteiger partial charge >= 0.3 is 0 Å². The Kier molecular flexibility index (Phi) is 4.17. The Morgan fingerprint density at radius 1 is 1.45 bits per heavy atom. The second-order valence-electron chi connectivity index (χ2n) is 3.87. The molecule has 1 N–H and O–H groups in total. The fourth-order valence-corrected chi connectivity index (χ4v) is 2.40. The number of non-ortho nitro benzene ring substituents is 1. The highest BCUT2D eigenvalue weighted by molar-refractivity contribution is 7.12. The molecule has 0 saturated heterocycles. The standard InChI is InChI=1S/C13H11N3O3S/c1-19-13-6-9(16(17)18)2-5-12(13)15-8-11-4-3-10(7-14)20-11/h2-6,15H,8H2,1H3. The van der Waals surface area contributed by atoms with Crippen molar-refractivity contribution in [3.63, 3.8) is 0 Å². The van der Waals surface area contributed by atoms with Gasteiger partial charge in [0, 0.05) is 17.5 Å². The summed E-state index contributed by atoms with van der Waals surface area (Å²) < 4.78 is 5.14. The molecule has 2 aromatic rings. The summed E-state index contributed by atoms with van der Waals surface area (Å²) in [6.45, 7) is 0.528. The van der Waals surface area contributed by atoms with Crippen LogP contribution in [0.4, 0.5) is 11.4 Å². The number of methoxy groups -OCH3 is 1. The molecule has 0 saturated carbocycles. The Balaban J connectivity index is 2.13. The van der Waals surface area contributed by atoms with Gasteiger partial charge in [-0.2, -0.15) is 5.26 Å². The number of nitriles is 1. The molecule has 0 radical (unpaired) electrons. The second-order valence-corrected chi connectivity index (χ2v) is 5.04. The quantitative estimate of drug-likeness (QED) is 0.674. The summed E-state index contributed by atoms with van der Waals surface area (Å²) in [7, 11) is 1.46. The third-order valence-electron chi connectivity index (χ3n) is 2.62. The van der Waals surface area contributed by atoms with Crippen LogP contribution in [0.25, 0.3) is 0 Å². The fourth-order valence-electron chi connectivity index (χ4n) is 1.65. The van der Waals surface area contributed by atoms with Crippen molar-refractivity contribution >= 4 is 22.7 Å². The Labute approximate surface area is 119 Å². The first-order valence-electron chi connectivity index (χ1n) is 5.69. The molecule has 0 aliphatic carbocycles. The van der Waals surface area contributed by atoms with E-state index < -0.39 is 4.92 Å². The fraction of sp³-hybridized carbons (Fsp3) is 0.154. The lowest BCUT2D eigenvalue weighted by Gasteiger charge is -2.09. The molecule has 0 aliphatic heterocycles. The largest absolute Gasteiger partial charge is 0.494 e. The summed E-state index contributed by atoms with van der Waals surface area (Å²) >= 11 is 1.40. The van der Waals surface area contributed by atoms with E-state index in [1.54, 1.807) is 12.1 Å². The molecule has 2 rings (SSSR count). The highest BCUT2D eigenvalue weighted by atomic mass is 32.1. The van der Waals surface area contributed by atoms with Crippen LogP contribution in [0.2, 0.25) is 0 Å². The number of thiophene rings is 1. The predicted molar refractivity (Wildman–Crippen MR) is 76.0 cm³/mol. The van der Waals surface area contributed by atoms with E-state index in [0.717, 1.165) is 4.88 Å². The van der Waals surface area contributed by atoms with E-state index in [1.807, 2.05) is 6.07 Å². The van der Waals surface area contributed by atoms with Crippen molar-refractivity contribution in [2.24, 2.45) is 0 Å². The predicted octanol–water partition coefficient (Wildman–Crippen LogP) is 3.15. The smallest absolute Gasteiger partial charge is 0.273 e. The van der Waals surface area contributed by atoms with E-state index in [0.29, 0.717) is 22.9 Å². The Morgan fingerprint density at radius 2 is 2.25 bits per heavy atom. The van der Waals surface area contributed by atoms with Crippen LogP contribution in [0.15, 0.2) is 30.3 Å². The van der Waals surface area contributed by atoms with Crippen LogP contribution in [0.5, 0.6) is 5.75 Å². The minimum atomic E-state index is -0.467. The van der Waals surface area contributed by atoms with E-state index in [4.69, 9.17) is 10.00 Å². The molecule has 0 spiro atoms. The zero-order valence-corrected chi connectivity index (χ0v) is 11.4. The van der Waals surface area contributed by atoms with Crippen LogP contribution in [0.1, 0.15) is 9.75 Å². The van der Waals surface area contributed by atoms with E-state index in [9.17, 15) is 10.1 Å². The van der Waals surface area contributed by atoms with E-state index in [-0.39, 0.29) is 5.69 Å². The van der Waals surface area contributed by atoms with Gasteiger partial charge in [0.15, 0.2) is 0 Å². The van der Waals surface area contributed by atoms with Crippen molar-refractivity contribution in [1.82, 2.24) is 0 Å². The topological polar surface area (TPSA) is 88.2 Å². The average Bonchev–Trinajstić information content (AvgIpc) is 2.92. The highest BCUT2D eigenvalue weighted by Crippen LogP contribution is 2.29. The maximum atomic E-state index is 10.7. The summed E-state index contributed by atoms with van der Waals surface area (Å²) in [4.78, 5) is 11.9. The number of ether oxygens (including phenoxy) is 1. The van der Waals surface area contributed by atoms with E-state index in [1.165, 1.54) is 30.6 Å². The number of hydrogen-bond donors (Lipinski definition) is 1. The molecule has 1 heterocycles. The molecule has 0 bridgehead atoms. The molecule has 0 fully saturated rings. The molecular formula is C13H11N3O3S. The van der Waals surface area contributed by atoms with Crippen LogP contribution in [0.3, 0.4) is 0 Å². The van der Waals surface area contributed by atoms with Gasteiger partial charge in [-0.15, -0.1) is 11.3 Å². The molecule has 1 aromatic carbocycles. The molecule has 0 atom stereocenters. The van der Waals surface area contributed by atoms with Crippen molar-refractivity contribution in [2.45, 2.75) is 6.54 Å². The van der Waals surface area contributed by atoms with Crippen LogP contribution in [0, 0.1) is 21.4 Å². The number of hydrogen-bond acceptors (Lipinski definition) is 6. The molecule has 7 heteroatoms. The normalized spacial score (nSPS) is 9.80. The molecule has 6 nitrogen and oxygen atoms in total. The lowest BCUT2D eigenvalue weighted by molar-refractivity contribution is -0.384. The first kappa shape index (κ1) is 13.8. The van der Waals surface area contributed by atoms with Crippen molar-refractivity contribution in [3.8, 4) is 11.8 Å². The third-order valence-corrected chi connectivity index (χ3v) is 3.61. The third kappa shape index (κ3) is 3.05. The van der Waals surface area contributed by atoms with Crippen molar-refractivity contribution in [2.75, 3.05) is 12.4 Å². The molecule has 0 amide bonds. The zero-order valence-electron chi connectivity index (χ0n) is 10.6. The van der Waals surface area contributed by atoms with Gasteiger partial charge in [0.2, 0.25) is 0 Å². The summed E-state index contributed by atoms with van der Waals surface area (Å²) in [5.74, 6) is 0.413. The number of nitrogens with zero attached hydrogens (tertiary/aromatic N) is 2. The number of nitrogens with one attached hydrogen (secondary N) is 1. The average molecular weight is 289 g/mol. The SMILES string of the molecule is COc1cc([N+](=O)[O-])ccc1NCc1ccc(C#N)s1. The lowest BCUT2D eigenvalue weighted by atomic mass is 10.2. The molecule has 1 aromatic heterocycles. The maximum Gasteiger partial charge on any atom is 0.273 e. The van der Waals surface area contributed by atoms with Crippen molar-refractivity contribution in [1.29, 1.82) is 5.26 Å². The van der Waals surface area contributed by atoms with Gasteiger partial charge < -0.3 is 10.1 Å². The molecule has 0 aliphatic rings. The summed E-state index contributed by atoms with van der Waals surface area (Å²) in [5, 5.41) is 22.6. The van der Waals surface area contributed by atoms with Gasteiger partial charge in [-0.05, 0) is 18.2 Å². The summed E-state index contributed by atoms with van der Waals surface area (Å²) in [5.41, 5.74) is 0.653. The summed E-state index contributed by atoms with van der Waals surface area (Å²) in [6, 6.07) is 10.1.